The number of ether oxygens (including phenoxy) is 1. The molecule has 1 rings (SSSR count). The molecule has 90 valence electrons. The van der Waals surface area contributed by atoms with Gasteiger partial charge in [-0.1, -0.05) is 0 Å². The topological polar surface area (TPSA) is 96.6 Å². The highest BCUT2D eigenvalue weighted by Gasteiger charge is 2.19. The Morgan fingerprint density at radius 2 is 2.40 bits per heavy atom. The molecule has 0 saturated carbocycles. The van der Waals surface area contributed by atoms with Crippen LogP contribution in [0.15, 0.2) is 0 Å². The summed E-state index contributed by atoms with van der Waals surface area (Å²) in [5, 5.41) is 13.1. The first kappa shape index (κ1) is 14.2. The number of nitrogens with two attached hydrogens (primary N) is 1. The van der Waals surface area contributed by atoms with Crippen molar-refractivity contribution in [2.75, 3.05) is 26.7 Å². The smallest absolute Gasteiger partial charge is 0.404 e. The van der Waals surface area contributed by atoms with E-state index in [1.54, 1.807) is 14.0 Å². The quantitative estimate of drug-likeness (QED) is 0.506. The first-order chi connectivity index (χ1) is 7.11. The Morgan fingerprint density at radius 1 is 1.73 bits per heavy atom. The molecule has 1 aliphatic rings. The van der Waals surface area contributed by atoms with Gasteiger partial charge in [0.25, 0.3) is 0 Å². The molecule has 0 radical (unpaired) electrons. The molecular weight excluding hydrogens is 198 g/mol. The van der Waals surface area contributed by atoms with Gasteiger partial charge in [0.1, 0.15) is 0 Å². The molecule has 6 nitrogen and oxygen atoms in total. The molecule has 2 unspecified atom stereocenters. The van der Waals surface area contributed by atoms with Gasteiger partial charge in [0.2, 0.25) is 0 Å². The van der Waals surface area contributed by atoms with E-state index in [0.29, 0.717) is 6.54 Å². The van der Waals surface area contributed by atoms with E-state index >= 15 is 0 Å². The lowest BCUT2D eigenvalue weighted by Crippen LogP contribution is -2.49. The van der Waals surface area contributed by atoms with Crippen LogP contribution in [-0.2, 0) is 4.74 Å². The predicted molar refractivity (Wildman–Crippen MR) is 58.0 cm³/mol. The summed E-state index contributed by atoms with van der Waals surface area (Å²) >= 11 is 0. The molecule has 2 atom stereocenters. The first-order valence-corrected chi connectivity index (χ1v) is 5.07. The summed E-state index contributed by atoms with van der Waals surface area (Å²) in [6.07, 6.45) is 0.287. The Labute approximate surface area is 90.2 Å². The molecule has 1 aliphatic heterocycles. The maximum Gasteiger partial charge on any atom is 0.404 e. The van der Waals surface area contributed by atoms with Crippen LogP contribution in [0.2, 0.25) is 0 Å². The Kier molecular flexibility index (Phi) is 7.98. The second-order valence-corrected chi connectivity index (χ2v) is 3.27. The van der Waals surface area contributed by atoms with Gasteiger partial charge in [-0.15, -0.1) is 0 Å². The number of nitrogens with one attached hydrogen (secondary N) is 2. The molecule has 0 aromatic heterocycles. The summed E-state index contributed by atoms with van der Waals surface area (Å²) in [4.78, 5) is 9.49. The van der Waals surface area contributed by atoms with Crippen molar-refractivity contribution >= 4 is 6.09 Å². The number of piperidine rings is 1. The van der Waals surface area contributed by atoms with E-state index in [9.17, 15) is 4.79 Å². The fraction of sp³-hybridized carbons (Fsp3) is 0.889. The van der Waals surface area contributed by atoms with Gasteiger partial charge in [0.05, 0.1) is 6.10 Å². The van der Waals surface area contributed by atoms with Crippen molar-refractivity contribution in [1.29, 1.82) is 0 Å². The third-order valence-corrected chi connectivity index (χ3v) is 2.11. The zero-order valence-corrected chi connectivity index (χ0v) is 9.32. The summed E-state index contributed by atoms with van der Waals surface area (Å²) in [5.41, 5.74) is 5.72. The normalized spacial score (nSPS) is 25.0. The molecule has 15 heavy (non-hydrogen) atoms. The largest absolute Gasteiger partial charge is 0.465 e. The molecule has 5 N–H and O–H groups in total. The van der Waals surface area contributed by atoms with Gasteiger partial charge in [0, 0.05) is 26.2 Å². The zero-order chi connectivity index (χ0) is 11.7. The van der Waals surface area contributed by atoms with Crippen LogP contribution in [0.4, 0.5) is 4.79 Å². The van der Waals surface area contributed by atoms with Crippen molar-refractivity contribution in [2.24, 2.45) is 5.73 Å². The standard InChI is InChI=1S/C6H14N2O.C3H7NO2/c1-9-6-4-8-3-2-5(6)7;1-2-4-3(5)6/h5-6,8H,2-4,7H2,1H3;4H,2H2,1H3,(H,5,6). The van der Waals surface area contributed by atoms with E-state index in [1.165, 1.54) is 0 Å². The predicted octanol–water partition coefficient (Wildman–Crippen LogP) is -0.404. The van der Waals surface area contributed by atoms with Gasteiger partial charge >= 0.3 is 6.09 Å². The third kappa shape index (κ3) is 7.12. The van der Waals surface area contributed by atoms with Crippen molar-refractivity contribution in [3.63, 3.8) is 0 Å². The number of amides is 1. The summed E-state index contributed by atoms with van der Waals surface area (Å²) in [6.45, 7) is 4.14. The van der Waals surface area contributed by atoms with Crippen LogP contribution >= 0.6 is 0 Å². The molecular formula is C9H21N3O3. The highest BCUT2D eigenvalue weighted by molar-refractivity contribution is 5.64. The summed E-state index contributed by atoms with van der Waals surface area (Å²) < 4.78 is 5.12. The monoisotopic (exact) mass is 219 g/mol. The minimum atomic E-state index is -0.961. The van der Waals surface area contributed by atoms with E-state index in [4.69, 9.17) is 15.6 Å². The van der Waals surface area contributed by atoms with E-state index < -0.39 is 6.09 Å². The fourth-order valence-corrected chi connectivity index (χ4v) is 1.26. The molecule has 0 aliphatic carbocycles. The van der Waals surface area contributed by atoms with Crippen LogP contribution in [0.25, 0.3) is 0 Å². The van der Waals surface area contributed by atoms with Gasteiger partial charge in [-0.25, -0.2) is 4.79 Å². The Balaban J connectivity index is 0.000000288. The summed E-state index contributed by atoms with van der Waals surface area (Å²) in [5.74, 6) is 0. The molecule has 0 aromatic rings. The number of rotatable bonds is 2. The zero-order valence-electron chi connectivity index (χ0n) is 9.32. The molecule has 1 saturated heterocycles. The van der Waals surface area contributed by atoms with Gasteiger partial charge in [-0.2, -0.15) is 0 Å². The average Bonchev–Trinajstić information content (AvgIpc) is 2.19. The lowest BCUT2D eigenvalue weighted by atomic mass is 10.1. The Bertz CT molecular complexity index is 178. The second-order valence-electron chi connectivity index (χ2n) is 3.27. The number of hydrogen-bond acceptors (Lipinski definition) is 4. The highest BCUT2D eigenvalue weighted by Crippen LogP contribution is 2.02. The SMILES string of the molecule is CCNC(=O)O.COC1CNCCC1N. The molecule has 1 amide bonds. The molecule has 0 bridgehead atoms. The second kappa shape index (κ2) is 8.46. The van der Waals surface area contributed by atoms with Crippen LogP contribution in [0.1, 0.15) is 13.3 Å². The number of carboxylic acid groups (broad SMARTS) is 1. The van der Waals surface area contributed by atoms with Gasteiger partial charge in [-0.05, 0) is 19.9 Å². The summed E-state index contributed by atoms with van der Waals surface area (Å²) in [6, 6.07) is 0.233. The highest BCUT2D eigenvalue weighted by atomic mass is 16.5. The minimum absolute atomic E-state index is 0.221. The summed E-state index contributed by atoms with van der Waals surface area (Å²) in [7, 11) is 1.71. The lowest BCUT2D eigenvalue weighted by molar-refractivity contribution is 0.0646. The van der Waals surface area contributed by atoms with Gasteiger partial charge in [0.15, 0.2) is 0 Å². The van der Waals surface area contributed by atoms with E-state index in [1.807, 2.05) is 0 Å². The molecule has 0 aromatic carbocycles. The van der Waals surface area contributed by atoms with Crippen LogP contribution in [0, 0.1) is 0 Å². The average molecular weight is 219 g/mol. The maximum absolute atomic E-state index is 9.49. The number of hydrogen-bond donors (Lipinski definition) is 4. The maximum atomic E-state index is 9.49. The van der Waals surface area contributed by atoms with Crippen molar-refractivity contribution in [3.05, 3.63) is 0 Å². The molecule has 1 heterocycles. The van der Waals surface area contributed by atoms with Gasteiger partial charge in [-0.3, -0.25) is 0 Å². The van der Waals surface area contributed by atoms with Crippen molar-refractivity contribution < 1.29 is 14.6 Å². The first-order valence-electron chi connectivity index (χ1n) is 5.07. The van der Waals surface area contributed by atoms with E-state index in [0.717, 1.165) is 19.5 Å². The van der Waals surface area contributed by atoms with Crippen LogP contribution < -0.4 is 16.4 Å². The Hall–Kier alpha value is -0.850. The van der Waals surface area contributed by atoms with Crippen LogP contribution in [-0.4, -0.2) is 50.1 Å². The number of methoxy groups -OCH3 is 1. The minimum Gasteiger partial charge on any atom is -0.465 e. The van der Waals surface area contributed by atoms with Crippen molar-refractivity contribution in [1.82, 2.24) is 10.6 Å². The molecule has 6 heteroatoms. The van der Waals surface area contributed by atoms with Crippen LogP contribution in [0.5, 0.6) is 0 Å². The van der Waals surface area contributed by atoms with Crippen molar-refractivity contribution in [3.8, 4) is 0 Å². The molecule has 0 spiro atoms. The Morgan fingerprint density at radius 3 is 2.67 bits per heavy atom. The molecule has 1 fully saturated rings. The van der Waals surface area contributed by atoms with Crippen molar-refractivity contribution in [2.45, 2.75) is 25.5 Å². The fourth-order valence-electron chi connectivity index (χ4n) is 1.26. The third-order valence-electron chi connectivity index (χ3n) is 2.11. The van der Waals surface area contributed by atoms with E-state index in [-0.39, 0.29) is 12.1 Å². The lowest BCUT2D eigenvalue weighted by Gasteiger charge is -2.27. The van der Waals surface area contributed by atoms with Gasteiger partial charge < -0.3 is 26.2 Å². The van der Waals surface area contributed by atoms with Crippen LogP contribution in [0.3, 0.4) is 0 Å². The van der Waals surface area contributed by atoms with E-state index in [2.05, 4.69) is 10.6 Å². The number of carbonyl (C=O) groups is 1.